The second-order valence-corrected chi connectivity index (χ2v) is 7.33. The van der Waals surface area contributed by atoms with E-state index in [4.69, 9.17) is 4.42 Å². The molecule has 0 atom stereocenters. The number of thiophene rings is 1. The Kier molecular flexibility index (Phi) is 5.74. The number of amides is 2. The number of hydrogen-bond acceptors (Lipinski definition) is 4. The van der Waals surface area contributed by atoms with E-state index in [1.54, 1.807) is 30.3 Å². The average molecular weight is 412 g/mol. The minimum atomic E-state index is -0.363. The van der Waals surface area contributed by atoms with Crippen LogP contribution in [-0.2, 0) is 0 Å². The molecule has 0 unspecified atom stereocenters. The lowest BCUT2D eigenvalue weighted by Gasteiger charge is -2.04. The van der Waals surface area contributed by atoms with Crippen molar-refractivity contribution in [3.8, 4) is 11.8 Å². The maximum atomic E-state index is 12.6. The topological polar surface area (TPSA) is 71.3 Å². The Balaban J connectivity index is 1.41. The van der Waals surface area contributed by atoms with Crippen molar-refractivity contribution in [3.05, 3.63) is 107 Å². The molecule has 0 saturated heterocycles. The maximum absolute atomic E-state index is 12.6. The summed E-state index contributed by atoms with van der Waals surface area (Å²) >= 11 is 1.18. The maximum Gasteiger partial charge on any atom is 0.291 e. The van der Waals surface area contributed by atoms with E-state index in [0.29, 0.717) is 15.6 Å². The van der Waals surface area contributed by atoms with Gasteiger partial charge in [-0.3, -0.25) is 9.59 Å². The van der Waals surface area contributed by atoms with Crippen LogP contribution in [0.5, 0.6) is 0 Å². The lowest BCUT2D eigenvalue weighted by atomic mass is 10.1. The molecule has 2 aromatic heterocycles. The van der Waals surface area contributed by atoms with Crippen LogP contribution < -0.4 is 10.6 Å². The molecule has 2 amide bonds. The third kappa shape index (κ3) is 4.85. The minimum absolute atomic E-state index is 0.211. The van der Waals surface area contributed by atoms with Crippen molar-refractivity contribution in [2.24, 2.45) is 0 Å². The van der Waals surface area contributed by atoms with E-state index in [0.717, 1.165) is 11.1 Å². The zero-order valence-electron chi connectivity index (χ0n) is 15.7. The molecule has 0 aliphatic rings. The van der Waals surface area contributed by atoms with E-state index in [9.17, 15) is 9.59 Å². The van der Waals surface area contributed by atoms with Gasteiger partial charge >= 0.3 is 0 Å². The molecule has 30 heavy (non-hydrogen) atoms. The Labute approximate surface area is 177 Å². The van der Waals surface area contributed by atoms with Crippen LogP contribution in [0.1, 0.15) is 31.4 Å². The first-order valence-corrected chi connectivity index (χ1v) is 9.92. The lowest BCUT2D eigenvalue weighted by Crippen LogP contribution is -2.10. The number of nitrogens with one attached hydrogen (secondary N) is 2. The molecule has 146 valence electrons. The second-order valence-electron chi connectivity index (χ2n) is 6.25. The first kappa shape index (κ1) is 19.2. The number of benzene rings is 2. The molecule has 0 aliphatic heterocycles. The average Bonchev–Trinajstić information content (AvgIpc) is 3.46. The molecule has 2 aromatic carbocycles. The van der Waals surface area contributed by atoms with Crippen LogP contribution >= 0.6 is 11.3 Å². The number of furan rings is 1. The van der Waals surface area contributed by atoms with Crippen LogP contribution in [0.15, 0.2) is 89.5 Å². The highest BCUT2D eigenvalue weighted by Crippen LogP contribution is 2.24. The summed E-state index contributed by atoms with van der Waals surface area (Å²) in [4.78, 5) is 25.1. The molecule has 2 N–H and O–H groups in total. The van der Waals surface area contributed by atoms with Gasteiger partial charge < -0.3 is 15.1 Å². The largest absolute Gasteiger partial charge is 0.459 e. The third-order valence-electron chi connectivity index (χ3n) is 4.06. The molecule has 0 saturated carbocycles. The van der Waals surface area contributed by atoms with Crippen LogP contribution in [0, 0.1) is 11.8 Å². The lowest BCUT2D eigenvalue weighted by molar-refractivity contribution is 0.0995. The molecule has 0 fully saturated rings. The van der Waals surface area contributed by atoms with E-state index >= 15 is 0 Å². The molecule has 4 rings (SSSR count). The normalized spacial score (nSPS) is 10.0. The highest BCUT2D eigenvalue weighted by molar-refractivity contribution is 7.18. The summed E-state index contributed by atoms with van der Waals surface area (Å²) in [6, 6.07) is 23.6. The van der Waals surface area contributed by atoms with Gasteiger partial charge in [-0.25, -0.2) is 0 Å². The Hall–Kier alpha value is -4.08. The second kappa shape index (κ2) is 8.95. The number of anilines is 2. The highest BCUT2D eigenvalue weighted by atomic mass is 32.1. The Morgan fingerprint density at radius 2 is 1.57 bits per heavy atom. The van der Waals surface area contributed by atoms with Gasteiger partial charge in [-0.05, 0) is 54.6 Å². The van der Waals surface area contributed by atoms with Crippen molar-refractivity contribution in [2.45, 2.75) is 0 Å². The van der Waals surface area contributed by atoms with Gasteiger partial charge in [-0.2, -0.15) is 0 Å². The van der Waals surface area contributed by atoms with Crippen molar-refractivity contribution in [1.82, 2.24) is 0 Å². The molecule has 0 bridgehead atoms. The summed E-state index contributed by atoms with van der Waals surface area (Å²) < 4.78 is 5.06. The Morgan fingerprint density at radius 1 is 0.767 bits per heavy atom. The van der Waals surface area contributed by atoms with Crippen molar-refractivity contribution in [3.63, 3.8) is 0 Å². The van der Waals surface area contributed by atoms with Crippen LogP contribution in [0.25, 0.3) is 0 Å². The molecule has 0 radical (unpaired) electrons. The van der Waals surface area contributed by atoms with Crippen LogP contribution in [-0.4, -0.2) is 11.8 Å². The van der Waals surface area contributed by atoms with Crippen LogP contribution in [0.3, 0.4) is 0 Å². The summed E-state index contributed by atoms with van der Waals surface area (Å²) in [6.07, 6.45) is 1.43. The van der Waals surface area contributed by atoms with Gasteiger partial charge in [0.15, 0.2) is 5.76 Å². The summed E-state index contributed by atoms with van der Waals surface area (Å²) in [6.45, 7) is 0. The van der Waals surface area contributed by atoms with Gasteiger partial charge in [-0.15, -0.1) is 11.3 Å². The fourth-order valence-corrected chi connectivity index (χ4v) is 3.44. The third-order valence-corrected chi connectivity index (χ3v) is 5.06. The van der Waals surface area contributed by atoms with Crippen LogP contribution in [0.4, 0.5) is 10.7 Å². The smallest absolute Gasteiger partial charge is 0.291 e. The summed E-state index contributed by atoms with van der Waals surface area (Å²) in [7, 11) is 0. The van der Waals surface area contributed by atoms with Crippen molar-refractivity contribution in [1.29, 1.82) is 0 Å². The van der Waals surface area contributed by atoms with Crippen molar-refractivity contribution in [2.75, 3.05) is 10.6 Å². The van der Waals surface area contributed by atoms with Gasteiger partial charge in [0.05, 0.1) is 16.1 Å². The minimum Gasteiger partial charge on any atom is -0.459 e. The monoisotopic (exact) mass is 412 g/mol. The van der Waals surface area contributed by atoms with Gasteiger partial charge in [0.2, 0.25) is 0 Å². The standard InChI is InChI=1S/C24H16N2O3S/c27-23(20-10-5-15-29-20)26-22-14-13-21(30-22)24(28)25-19-9-4-8-18(16-19)12-11-17-6-2-1-3-7-17/h1-10,13-16H,(H,25,28)(H,26,27). The molecule has 5 nitrogen and oxygen atoms in total. The predicted molar refractivity (Wildman–Crippen MR) is 118 cm³/mol. The molecular formula is C24H16N2O3S. The van der Waals surface area contributed by atoms with E-state index in [2.05, 4.69) is 22.5 Å². The van der Waals surface area contributed by atoms with E-state index in [-0.39, 0.29) is 17.6 Å². The van der Waals surface area contributed by atoms with E-state index < -0.39 is 0 Å². The number of carbonyl (C=O) groups excluding carboxylic acids is 2. The highest BCUT2D eigenvalue weighted by Gasteiger charge is 2.13. The van der Waals surface area contributed by atoms with Crippen molar-refractivity contribution >= 4 is 33.8 Å². The number of carbonyl (C=O) groups is 2. The first-order chi connectivity index (χ1) is 14.7. The van der Waals surface area contributed by atoms with Crippen LogP contribution in [0.2, 0.25) is 0 Å². The number of rotatable bonds is 4. The Morgan fingerprint density at radius 3 is 2.37 bits per heavy atom. The summed E-state index contributed by atoms with van der Waals surface area (Å²) in [5, 5.41) is 6.14. The SMILES string of the molecule is O=C(Nc1ccc(C(=O)Nc2cccc(C#Cc3ccccc3)c2)s1)c1ccco1. The van der Waals surface area contributed by atoms with Gasteiger partial charge in [-0.1, -0.05) is 36.1 Å². The zero-order chi connectivity index (χ0) is 20.8. The van der Waals surface area contributed by atoms with E-state index in [1.165, 1.54) is 17.6 Å². The van der Waals surface area contributed by atoms with Gasteiger partial charge in [0, 0.05) is 16.8 Å². The molecule has 0 spiro atoms. The van der Waals surface area contributed by atoms with Crippen molar-refractivity contribution < 1.29 is 14.0 Å². The molecule has 6 heteroatoms. The summed E-state index contributed by atoms with van der Waals surface area (Å²) in [5.41, 5.74) is 2.37. The van der Waals surface area contributed by atoms with Gasteiger partial charge in [0.25, 0.3) is 11.8 Å². The van der Waals surface area contributed by atoms with E-state index in [1.807, 2.05) is 48.5 Å². The summed E-state index contributed by atoms with van der Waals surface area (Å²) in [5.74, 6) is 5.79. The zero-order valence-corrected chi connectivity index (χ0v) is 16.5. The Bertz CT molecular complexity index is 1230. The fourth-order valence-electron chi connectivity index (χ4n) is 2.64. The molecule has 2 heterocycles. The molecular weight excluding hydrogens is 396 g/mol. The number of hydrogen-bond donors (Lipinski definition) is 2. The van der Waals surface area contributed by atoms with Gasteiger partial charge in [0.1, 0.15) is 0 Å². The first-order valence-electron chi connectivity index (χ1n) is 9.10. The molecule has 4 aromatic rings. The predicted octanol–water partition coefficient (Wildman–Crippen LogP) is 5.25. The quantitative estimate of drug-likeness (QED) is 0.450. The molecule has 0 aliphatic carbocycles. The fraction of sp³-hybridized carbons (Fsp3) is 0.